The zero-order chi connectivity index (χ0) is 7.31. The van der Waals surface area contributed by atoms with E-state index in [4.69, 9.17) is 0 Å². The van der Waals surface area contributed by atoms with E-state index in [0.717, 1.165) is 10.7 Å². The molecule has 4 rings (SSSR count). The van der Waals surface area contributed by atoms with Crippen LogP contribution in [0.5, 0.6) is 0 Å². The van der Waals surface area contributed by atoms with Crippen LogP contribution in [0.15, 0.2) is 21.7 Å². The van der Waals surface area contributed by atoms with Crippen molar-refractivity contribution in [3.63, 3.8) is 0 Å². The second kappa shape index (κ2) is 2.05. The van der Waals surface area contributed by atoms with Gasteiger partial charge in [-0.1, -0.05) is 6.07 Å². The first-order chi connectivity index (χ1) is 5.36. The van der Waals surface area contributed by atoms with Crippen LogP contribution in [0.2, 0.25) is 0 Å². The molecule has 0 amide bonds. The van der Waals surface area contributed by atoms with Crippen molar-refractivity contribution in [1.29, 1.82) is 0 Å². The highest BCUT2D eigenvalue weighted by atomic mass is 32.2. The van der Waals surface area contributed by atoms with E-state index in [1.807, 2.05) is 11.3 Å². The first-order valence-electron chi connectivity index (χ1n) is 4.09. The minimum absolute atomic E-state index is 0.718. The Hall–Kier alpha value is 0.0500. The Kier molecular flexibility index (Phi) is 1.22. The Morgan fingerprint density at radius 1 is 1.45 bits per heavy atom. The van der Waals surface area contributed by atoms with Gasteiger partial charge in [-0.3, -0.25) is 0 Å². The quantitative estimate of drug-likeness (QED) is 0.675. The van der Waals surface area contributed by atoms with Crippen LogP contribution in [0.1, 0.15) is 19.3 Å². The molecule has 0 spiro atoms. The zero-order valence-electron chi connectivity index (χ0n) is 6.25. The second-order valence-electron chi connectivity index (χ2n) is 3.70. The Balaban J connectivity index is 1.75. The SMILES string of the molecule is c1csc(SC23CC(C2)C3)c1. The minimum Gasteiger partial charge on any atom is -0.137 e. The molecule has 3 fully saturated rings. The van der Waals surface area contributed by atoms with E-state index >= 15 is 0 Å². The number of rotatable bonds is 2. The molecule has 3 saturated carbocycles. The van der Waals surface area contributed by atoms with Gasteiger partial charge in [-0.2, -0.15) is 0 Å². The normalized spacial score (nSPS) is 39.5. The van der Waals surface area contributed by atoms with E-state index in [2.05, 4.69) is 29.3 Å². The summed E-state index contributed by atoms with van der Waals surface area (Å²) in [6.45, 7) is 0. The predicted molar refractivity (Wildman–Crippen MR) is 50.2 cm³/mol. The second-order valence-corrected chi connectivity index (χ2v) is 6.41. The minimum atomic E-state index is 0.718. The van der Waals surface area contributed by atoms with Gasteiger partial charge >= 0.3 is 0 Å². The Labute approximate surface area is 75.0 Å². The monoisotopic (exact) mass is 182 g/mol. The fraction of sp³-hybridized carbons (Fsp3) is 0.556. The lowest BCUT2D eigenvalue weighted by molar-refractivity contribution is 0.0581. The fourth-order valence-electron chi connectivity index (χ4n) is 2.06. The van der Waals surface area contributed by atoms with Crippen molar-refractivity contribution in [2.75, 3.05) is 0 Å². The van der Waals surface area contributed by atoms with Crippen LogP contribution in [0.3, 0.4) is 0 Å². The van der Waals surface area contributed by atoms with Gasteiger partial charge in [0.1, 0.15) is 0 Å². The maximum Gasteiger partial charge on any atom is 0.0603 e. The van der Waals surface area contributed by atoms with Crippen molar-refractivity contribution in [3.8, 4) is 0 Å². The molecule has 3 aliphatic rings. The average molecular weight is 182 g/mol. The van der Waals surface area contributed by atoms with Gasteiger partial charge in [0.25, 0.3) is 0 Å². The van der Waals surface area contributed by atoms with Crippen LogP contribution >= 0.6 is 23.1 Å². The fourth-order valence-corrected chi connectivity index (χ4v) is 4.93. The third-order valence-electron chi connectivity index (χ3n) is 2.79. The third kappa shape index (κ3) is 0.890. The smallest absolute Gasteiger partial charge is 0.0603 e. The molecule has 0 N–H and O–H groups in total. The van der Waals surface area contributed by atoms with E-state index in [1.165, 1.54) is 23.5 Å². The van der Waals surface area contributed by atoms with E-state index < -0.39 is 0 Å². The van der Waals surface area contributed by atoms with Gasteiger partial charge in [-0.05, 0) is 36.6 Å². The molecule has 0 saturated heterocycles. The maximum atomic E-state index is 2.25. The van der Waals surface area contributed by atoms with E-state index in [-0.39, 0.29) is 0 Å². The highest BCUT2D eigenvalue weighted by Crippen LogP contribution is 2.66. The molecule has 0 atom stereocenters. The summed E-state index contributed by atoms with van der Waals surface area (Å²) in [5.74, 6) is 1.11. The summed E-state index contributed by atoms with van der Waals surface area (Å²) in [5.41, 5.74) is 0. The largest absolute Gasteiger partial charge is 0.137 e. The van der Waals surface area contributed by atoms with Gasteiger partial charge in [0, 0.05) is 4.75 Å². The summed E-state index contributed by atoms with van der Waals surface area (Å²) in [5, 5.41) is 2.17. The Morgan fingerprint density at radius 2 is 2.27 bits per heavy atom. The van der Waals surface area contributed by atoms with Gasteiger partial charge in [0.05, 0.1) is 4.21 Å². The summed E-state index contributed by atoms with van der Waals surface area (Å²) in [6, 6.07) is 4.40. The Morgan fingerprint density at radius 3 is 2.73 bits per heavy atom. The summed E-state index contributed by atoms with van der Waals surface area (Å²) in [7, 11) is 0. The lowest BCUT2D eigenvalue weighted by Gasteiger charge is -2.61. The van der Waals surface area contributed by atoms with Crippen molar-refractivity contribution in [3.05, 3.63) is 17.5 Å². The van der Waals surface area contributed by atoms with Crippen LogP contribution in [0.25, 0.3) is 0 Å². The van der Waals surface area contributed by atoms with Crippen molar-refractivity contribution < 1.29 is 0 Å². The van der Waals surface area contributed by atoms with Crippen LogP contribution in [-0.2, 0) is 0 Å². The zero-order valence-corrected chi connectivity index (χ0v) is 7.88. The highest BCUT2D eigenvalue weighted by Gasteiger charge is 2.57. The van der Waals surface area contributed by atoms with Crippen molar-refractivity contribution in [2.24, 2.45) is 5.92 Å². The molecule has 58 valence electrons. The molecule has 0 radical (unpaired) electrons. The highest BCUT2D eigenvalue weighted by molar-refractivity contribution is 8.02. The van der Waals surface area contributed by atoms with Crippen molar-refractivity contribution in [1.82, 2.24) is 0 Å². The number of hydrogen-bond donors (Lipinski definition) is 0. The molecule has 0 nitrogen and oxygen atoms in total. The van der Waals surface area contributed by atoms with Crippen molar-refractivity contribution >= 4 is 23.1 Å². The molecular weight excluding hydrogens is 172 g/mol. The van der Waals surface area contributed by atoms with Crippen LogP contribution in [-0.4, -0.2) is 4.75 Å². The molecule has 3 aliphatic carbocycles. The van der Waals surface area contributed by atoms with Crippen LogP contribution in [0.4, 0.5) is 0 Å². The number of hydrogen-bond acceptors (Lipinski definition) is 2. The van der Waals surface area contributed by atoms with E-state index in [0.29, 0.717) is 0 Å². The lowest BCUT2D eigenvalue weighted by Crippen LogP contribution is -2.55. The van der Waals surface area contributed by atoms with Gasteiger partial charge < -0.3 is 0 Å². The van der Waals surface area contributed by atoms with E-state index in [9.17, 15) is 0 Å². The molecule has 2 bridgehead atoms. The van der Waals surface area contributed by atoms with Crippen molar-refractivity contribution in [2.45, 2.75) is 28.2 Å². The molecule has 1 heterocycles. The first-order valence-corrected chi connectivity index (χ1v) is 5.78. The van der Waals surface area contributed by atoms with E-state index in [1.54, 1.807) is 0 Å². The first kappa shape index (κ1) is 6.55. The average Bonchev–Trinajstić information content (AvgIpc) is 2.26. The van der Waals surface area contributed by atoms with Crippen LogP contribution < -0.4 is 0 Å². The van der Waals surface area contributed by atoms with Gasteiger partial charge in [-0.25, -0.2) is 0 Å². The van der Waals surface area contributed by atoms with Gasteiger partial charge in [0.15, 0.2) is 0 Å². The standard InChI is InChI=1S/C9H10S2/c1-2-8(10-3-1)11-9-4-7(5-9)6-9/h1-3,7H,4-6H2. The topological polar surface area (TPSA) is 0 Å². The molecule has 1 aromatic rings. The molecule has 0 aromatic carbocycles. The van der Waals surface area contributed by atoms with Gasteiger partial charge in [0.2, 0.25) is 0 Å². The molecule has 0 unspecified atom stereocenters. The lowest BCUT2D eigenvalue weighted by atomic mass is 9.55. The van der Waals surface area contributed by atoms with Gasteiger partial charge in [-0.15, -0.1) is 23.1 Å². The molecule has 2 heteroatoms. The predicted octanol–water partition coefficient (Wildman–Crippen LogP) is 3.39. The molecule has 1 aromatic heterocycles. The summed E-state index contributed by atoms with van der Waals surface area (Å²) in [6.07, 6.45) is 4.49. The molecular formula is C9H10S2. The Bertz CT molecular complexity index is 246. The molecule has 0 aliphatic heterocycles. The maximum absolute atomic E-state index is 2.25. The summed E-state index contributed by atoms with van der Waals surface area (Å²) in [4.78, 5) is 0. The number of thiophene rings is 1. The molecule has 11 heavy (non-hydrogen) atoms. The van der Waals surface area contributed by atoms with Crippen LogP contribution in [0, 0.1) is 5.92 Å². The third-order valence-corrected chi connectivity index (χ3v) is 5.26. The summed E-state index contributed by atoms with van der Waals surface area (Å²) >= 11 is 4.01. The number of thioether (sulfide) groups is 1. The summed E-state index contributed by atoms with van der Waals surface area (Å²) < 4.78 is 2.23.